The molecular formula is C18H21N3O2. The molecule has 0 spiro atoms. The minimum Gasteiger partial charge on any atom is -0.387 e. The number of nitriles is 1. The zero-order valence-corrected chi connectivity index (χ0v) is 13.6. The van der Waals surface area contributed by atoms with Crippen LogP contribution in [0.2, 0.25) is 0 Å². The van der Waals surface area contributed by atoms with Crippen molar-refractivity contribution in [3.8, 4) is 6.07 Å². The Morgan fingerprint density at radius 1 is 1.26 bits per heavy atom. The topological polar surface area (TPSA) is 88.9 Å². The van der Waals surface area contributed by atoms with Crippen molar-refractivity contribution >= 4 is 5.91 Å². The van der Waals surface area contributed by atoms with Crippen LogP contribution in [0.3, 0.4) is 0 Å². The monoisotopic (exact) mass is 311 g/mol. The van der Waals surface area contributed by atoms with E-state index >= 15 is 0 Å². The maximum absolute atomic E-state index is 11.9. The maximum atomic E-state index is 11.9. The first-order valence-corrected chi connectivity index (χ1v) is 7.47. The molecule has 1 heterocycles. The number of carbonyl (C=O) groups excluding carboxylic acids is 1. The van der Waals surface area contributed by atoms with Crippen molar-refractivity contribution in [3.05, 3.63) is 58.9 Å². The maximum Gasteiger partial charge on any atom is 0.267 e. The standard InChI is InChI=1S/C18H21N3O2/c1-18(2,3)13-6-4-12(5-7-13)16(22)11-20-17(23)15-9-8-14(10-19)21-15/h4-9,16,21-22H,11H2,1-3H3,(H,20,23). The lowest BCUT2D eigenvalue weighted by molar-refractivity contribution is 0.0912. The highest BCUT2D eigenvalue weighted by Gasteiger charge is 2.15. The van der Waals surface area contributed by atoms with Gasteiger partial charge >= 0.3 is 0 Å². The third-order valence-electron chi connectivity index (χ3n) is 3.67. The Morgan fingerprint density at radius 2 is 1.91 bits per heavy atom. The molecule has 1 unspecified atom stereocenters. The van der Waals surface area contributed by atoms with Gasteiger partial charge in [0.05, 0.1) is 6.10 Å². The summed E-state index contributed by atoms with van der Waals surface area (Å²) in [5.41, 5.74) is 2.63. The fourth-order valence-corrected chi connectivity index (χ4v) is 2.20. The van der Waals surface area contributed by atoms with Gasteiger partial charge in [-0.05, 0) is 28.7 Å². The summed E-state index contributed by atoms with van der Waals surface area (Å²) in [6.45, 7) is 6.49. The van der Waals surface area contributed by atoms with Crippen LogP contribution in [-0.2, 0) is 5.41 Å². The first-order valence-electron chi connectivity index (χ1n) is 7.47. The molecule has 2 aromatic rings. The van der Waals surface area contributed by atoms with Gasteiger partial charge in [0, 0.05) is 6.54 Å². The second-order valence-corrected chi connectivity index (χ2v) is 6.50. The summed E-state index contributed by atoms with van der Waals surface area (Å²) in [6.07, 6.45) is -0.779. The molecular weight excluding hydrogens is 290 g/mol. The highest BCUT2D eigenvalue weighted by molar-refractivity contribution is 5.92. The van der Waals surface area contributed by atoms with Gasteiger partial charge in [-0.3, -0.25) is 4.79 Å². The summed E-state index contributed by atoms with van der Waals surface area (Å²) in [7, 11) is 0. The van der Waals surface area contributed by atoms with E-state index < -0.39 is 6.10 Å². The zero-order chi connectivity index (χ0) is 17.0. The van der Waals surface area contributed by atoms with E-state index in [2.05, 4.69) is 31.1 Å². The predicted molar refractivity (Wildman–Crippen MR) is 87.9 cm³/mol. The van der Waals surface area contributed by atoms with Crippen LogP contribution in [0.4, 0.5) is 0 Å². The minimum absolute atomic E-state index is 0.0593. The van der Waals surface area contributed by atoms with Gasteiger partial charge in [-0.25, -0.2) is 0 Å². The van der Waals surface area contributed by atoms with Crippen LogP contribution >= 0.6 is 0 Å². The molecule has 0 aliphatic heterocycles. The van der Waals surface area contributed by atoms with Crippen LogP contribution in [-0.4, -0.2) is 22.5 Å². The van der Waals surface area contributed by atoms with Gasteiger partial charge < -0.3 is 15.4 Å². The van der Waals surface area contributed by atoms with Crippen LogP contribution in [0.5, 0.6) is 0 Å². The number of aromatic nitrogens is 1. The second-order valence-electron chi connectivity index (χ2n) is 6.50. The smallest absolute Gasteiger partial charge is 0.267 e. The molecule has 0 bridgehead atoms. The van der Waals surface area contributed by atoms with Gasteiger partial charge in [0.1, 0.15) is 17.5 Å². The van der Waals surface area contributed by atoms with Crippen LogP contribution in [0.15, 0.2) is 36.4 Å². The molecule has 5 heteroatoms. The SMILES string of the molecule is CC(C)(C)c1ccc(C(O)CNC(=O)c2ccc(C#N)[nH]2)cc1. The molecule has 23 heavy (non-hydrogen) atoms. The Hall–Kier alpha value is -2.58. The van der Waals surface area contributed by atoms with E-state index in [1.807, 2.05) is 30.3 Å². The third-order valence-corrected chi connectivity index (χ3v) is 3.67. The van der Waals surface area contributed by atoms with E-state index in [4.69, 9.17) is 5.26 Å². The molecule has 3 N–H and O–H groups in total. The van der Waals surface area contributed by atoms with Gasteiger partial charge in [-0.1, -0.05) is 45.0 Å². The zero-order valence-electron chi connectivity index (χ0n) is 13.6. The molecule has 2 rings (SSSR count). The number of amides is 1. The highest BCUT2D eigenvalue weighted by Crippen LogP contribution is 2.23. The van der Waals surface area contributed by atoms with E-state index in [0.29, 0.717) is 11.4 Å². The van der Waals surface area contributed by atoms with Gasteiger partial charge in [0.2, 0.25) is 0 Å². The van der Waals surface area contributed by atoms with Gasteiger partial charge in [-0.2, -0.15) is 5.26 Å². The molecule has 1 amide bonds. The summed E-state index contributed by atoms with van der Waals surface area (Å²) in [6, 6.07) is 12.7. The number of aliphatic hydroxyl groups excluding tert-OH is 1. The normalized spacial score (nSPS) is 12.5. The predicted octanol–water partition coefficient (Wildman–Crippen LogP) is 2.65. The first-order chi connectivity index (χ1) is 10.8. The summed E-state index contributed by atoms with van der Waals surface area (Å²) in [5.74, 6) is -0.350. The summed E-state index contributed by atoms with van der Waals surface area (Å²) in [5, 5.41) is 21.6. The number of hydrogen-bond donors (Lipinski definition) is 3. The van der Waals surface area contributed by atoms with Crippen molar-refractivity contribution in [1.82, 2.24) is 10.3 Å². The Bertz CT molecular complexity index is 718. The van der Waals surface area contributed by atoms with E-state index in [1.165, 1.54) is 11.6 Å². The number of hydrogen-bond acceptors (Lipinski definition) is 3. The lowest BCUT2D eigenvalue weighted by Crippen LogP contribution is -2.28. The van der Waals surface area contributed by atoms with Crippen LogP contribution in [0.1, 0.15) is 54.2 Å². The molecule has 1 aromatic carbocycles. The molecule has 0 saturated carbocycles. The van der Waals surface area contributed by atoms with Crippen molar-refractivity contribution < 1.29 is 9.90 Å². The number of rotatable bonds is 4. The number of nitrogens with zero attached hydrogens (tertiary/aromatic N) is 1. The lowest BCUT2D eigenvalue weighted by Gasteiger charge is -2.20. The van der Waals surface area contributed by atoms with E-state index in [1.54, 1.807) is 6.07 Å². The van der Waals surface area contributed by atoms with E-state index in [-0.39, 0.29) is 17.9 Å². The van der Waals surface area contributed by atoms with Gasteiger partial charge in [0.25, 0.3) is 5.91 Å². The van der Waals surface area contributed by atoms with E-state index in [9.17, 15) is 9.90 Å². The number of aromatic amines is 1. The average molecular weight is 311 g/mol. The number of benzene rings is 1. The molecule has 0 aliphatic rings. The van der Waals surface area contributed by atoms with Crippen molar-refractivity contribution in [2.45, 2.75) is 32.3 Å². The first kappa shape index (κ1) is 16.8. The summed E-state index contributed by atoms with van der Waals surface area (Å²) < 4.78 is 0. The number of nitrogens with one attached hydrogen (secondary N) is 2. The van der Waals surface area contributed by atoms with Crippen molar-refractivity contribution in [2.24, 2.45) is 0 Å². The van der Waals surface area contributed by atoms with Crippen LogP contribution in [0, 0.1) is 11.3 Å². The van der Waals surface area contributed by atoms with Crippen molar-refractivity contribution in [1.29, 1.82) is 5.26 Å². The minimum atomic E-state index is -0.779. The Labute approximate surface area is 136 Å². The molecule has 1 aromatic heterocycles. The van der Waals surface area contributed by atoms with Crippen LogP contribution in [0.25, 0.3) is 0 Å². The van der Waals surface area contributed by atoms with Crippen LogP contribution < -0.4 is 5.32 Å². The number of carbonyl (C=O) groups is 1. The van der Waals surface area contributed by atoms with Crippen molar-refractivity contribution in [3.63, 3.8) is 0 Å². The summed E-state index contributed by atoms with van der Waals surface area (Å²) >= 11 is 0. The lowest BCUT2D eigenvalue weighted by atomic mass is 9.86. The molecule has 0 saturated heterocycles. The fourth-order valence-electron chi connectivity index (χ4n) is 2.20. The van der Waals surface area contributed by atoms with E-state index in [0.717, 1.165) is 5.56 Å². The quantitative estimate of drug-likeness (QED) is 0.811. The Kier molecular flexibility index (Phi) is 4.87. The molecule has 120 valence electrons. The summed E-state index contributed by atoms with van der Waals surface area (Å²) in [4.78, 5) is 14.6. The Morgan fingerprint density at radius 3 is 2.43 bits per heavy atom. The molecule has 0 fully saturated rings. The third kappa shape index (κ3) is 4.21. The highest BCUT2D eigenvalue weighted by atomic mass is 16.3. The Balaban J connectivity index is 1.95. The van der Waals surface area contributed by atoms with Gasteiger partial charge in [-0.15, -0.1) is 0 Å². The van der Waals surface area contributed by atoms with Crippen molar-refractivity contribution in [2.75, 3.05) is 6.54 Å². The second kappa shape index (κ2) is 6.67. The fraction of sp³-hybridized carbons (Fsp3) is 0.333. The number of aliphatic hydroxyl groups is 1. The molecule has 1 atom stereocenters. The molecule has 5 nitrogen and oxygen atoms in total. The largest absolute Gasteiger partial charge is 0.387 e. The number of H-pyrrole nitrogens is 1. The average Bonchev–Trinajstić information content (AvgIpc) is 3.00. The molecule has 0 aliphatic carbocycles. The molecule has 0 radical (unpaired) electrons. The van der Waals surface area contributed by atoms with Gasteiger partial charge in [0.15, 0.2) is 0 Å².